The van der Waals surface area contributed by atoms with Crippen LogP contribution in [0.2, 0.25) is 0 Å². The van der Waals surface area contributed by atoms with Crippen molar-refractivity contribution in [3.8, 4) is 11.5 Å². The maximum absolute atomic E-state index is 12.5. The molecule has 0 aliphatic carbocycles. The fraction of sp³-hybridized carbons (Fsp3) is 0.333. The first-order chi connectivity index (χ1) is 13.6. The average Bonchev–Trinajstić information content (AvgIpc) is 3.08. The largest absolute Gasteiger partial charge is 0.486 e. The van der Waals surface area contributed by atoms with Crippen LogP contribution in [-0.2, 0) is 11.3 Å². The van der Waals surface area contributed by atoms with Crippen molar-refractivity contribution < 1.29 is 19.1 Å². The van der Waals surface area contributed by atoms with E-state index in [1.54, 1.807) is 16.8 Å². The molecular weight excluding hydrogens is 358 g/mol. The van der Waals surface area contributed by atoms with E-state index in [1.165, 1.54) is 0 Å². The van der Waals surface area contributed by atoms with Crippen LogP contribution in [-0.4, -0.2) is 49.7 Å². The van der Waals surface area contributed by atoms with E-state index in [1.807, 2.05) is 48.5 Å². The lowest BCUT2D eigenvalue weighted by Gasteiger charge is -2.23. The number of carbonyl (C=O) groups excluding carboxylic acids is 2. The summed E-state index contributed by atoms with van der Waals surface area (Å²) in [6.07, 6.45) is 0.277. The van der Waals surface area contributed by atoms with Gasteiger partial charge in [0.15, 0.2) is 11.5 Å². The first-order valence-corrected chi connectivity index (χ1v) is 9.36. The van der Waals surface area contributed by atoms with Crippen LogP contribution in [0, 0.1) is 0 Å². The lowest BCUT2D eigenvalue weighted by molar-refractivity contribution is -0.117. The number of rotatable bonds is 4. The van der Waals surface area contributed by atoms with Gasteiger partial charge in [-0.1, -0.05) is 30.3 Å². The van der Waals surface area contributed by atoms with Crippen LogP contribution in [0.3, 0.4) is 0 Å². The number of fused-ring (bicyclic) bond motifs is 1. The van der Waals surface area contributed by atoms with Crippen molar-refractivity contribution >= 4 is 17.6 Å². The third-order valence-electron chi connectivity index (χ3n) is 4.90. The van der Waals surface area contributed by atoms with Gasteiger partial charge < -0.3 is 24.6 Å². The minimum atomic E-state index is -0.230. The van der Waals surface area contributed by atoms with Crippen molar-refractivity contribution in [2.75, 3.05) is 31.7 Å². The minimum Gasteiger partial charge on any atom is -0.486 e. The Kier molecular flexibility index (Phi) is 5.06. The Morgan fingerprint density at radius 2 is 1.89 bits per heavy atom. The molecule has 2 aliphatic rings. The highest BCUT2D eigenvalue weighted by molar-refractivity contribution is 5.97. The first kappa shape index (κ1) is 18.2. The second-order valence-electron chi connectivity index (χ2n) is 7.02. The molecule has 2 aromatic carbocycles. The zero-order valence-corrected chi connectivity index (χ0v) is 15.8. The van der Waals surface area contributed by atoms with Crippen molar-refractivity contribution in [1.29, 1.82) is 0 Å². The summed E-state index contributed by atoms with van der Waals surface area (Å²) >= 11 is 0. The van der Waals surface area contributed by atoms with Gasteiger partial charge in [0.05, 0.1) is 6.04 Å². The number of urea groups is 1. The number of carbonyl (C=O) groups is 2. The SMILES string of the molecule is CN(Cc1ccccc1)C(=O)N[C@H]1CC(=O)N(c2ccc3c(c2)OCCO3)C1. The van der Waals surface area contributed by atoms with E-state index in [4.69, 9.17) is 9.47 Å². The molecule has 4 rings (SSSR count). The molecule has 7 nitrogen and oxygen atoms in total. The Morgan fingerprint density at radius 1 is 1.14 bits per heavy atom. The maximum Gasteiger partial charge on any atom is 0.317 e. The van der Waals surface area contributed by atoms with Crippen LogP contribution in [0.4, 0.5) is 10.5 Å². The predicted octanol–water partition coefficient (Wildman–Crippen LogP) is 2.40. The quantitative estimate of drug-likeness (QED) is 0.883. The van der Waals surface area contributed by atoms with Crippen molar-refractivity contribution in [2.24, 2.45) is 0 Å². The standard InChI is InChI=1S/C21H23N3O4/c1-23(13-15-5-3-2-4-6-15)21(26)22-16-11-20(25)24(14-16)17-7-8-18-19(12-17)28-10-9-27-18/h2-8,12,16H,9-11,13-14H2,1H3,(H,22,26)/t16-/m0/s1. The van der Waals surface area contributed by atoms with Crippen molar-refractivity contribution in [3.05, 3.63) is 54.1 Å². The summed E-state index contributed by atoms with van der Waals surface area (Å²) in [4.78, 5) is 28.3. The van der Waals surface area contributed by atoms with Gasteiger partial charge in [-0.05, 0) is 17.7 Å². The summed E-state index contributed by atoms with van der Waals surface area (Å²) in [5.74, 6) is 1.31. The zero-order chi connectivity index (χ0) is 19.5. The summed E-state index contributed by atoms with van der Waals surface area (Å²) in [6, 6.07) is 14.9. The molecule has 0 unspecified atom stereocenters. The van der Waals surface area contributed by atoms with Gasteiger partial charge in [-0.15, -0.1) is 0 Å². The Hall–Kier alpha value is -3.22. The number of nitrogens with zero attached hydrogens (tertiary/aromatic N) is 2. The van der Waals surface area contributed by atoms with Crippen molar-refractivity contribution in [1.82, 2.24) is 10.2 Å². The van der Waals surface area contributed by atoms with Crippen LogP contribution >= 0.6 is 0 Å². The number of hydrogen-bond acceptors (Lipinski definition) is 4. The molecule has 146 valence electrons. The zero-order valence-electron chi connectivity index (χ0n) is 15.8. The van der Waals surface area contributed by atoms with Crippen molar-refractivity contribution in [2.45, 2.75) is 19.0 Å². The minimum absolute atomic E-state index is 0.0207. The number of ether oxygens (including phenoxy) is 2. The molecule has 0 saturated carbocycles. The van der Waals surface area contributed by atoms with Crippen LogP contribution in [0.5, 0.6) is 11.5 Å². The molecule has 3 amide bonds. The normalized spacial score (nSPS) is 18.1. The number of anilines is 1. The van der Waals surface area contributed by atoms with E-state index in [0.29, 0.717) is 37.8 Å². The summed E-state index contributed by atoms with van der Waals surface area (Å²) in [6.45, 7) is 1.97. The molecule has 0 bridgehead atoms. The predicted molar refractivity (Wildman–Crippen MR) is 105 cm³/mol. The molecule has 1 saturated heterocycles. The smallest absolute Gasteiger partial charge is 0.317 e. The number of benzene rings is 2. The second-order valence-corrected chi connectivity index (χ2v) is 7.02. The number of nitrogens with one attached hydrogen (secondary N) is 1. The first-order valence-electron chi connectivity index (χ1n) is 9.36. The molecule has 2 heterocycles. The van der Waals surface area contributed by atoms with Gasteiger partial charge in [0.2, 0.25) is 5.91 Å². The molecular formula is C21H23N3O4. The molecule has 7 heteroatoms. The van der Waals surface area contributed by atoms with Gasteiger partial charge in [0, 0.05) is 38.3 Å². The fourth-order valence-electron chi connectivity index (χ4n) is 3.47. The van der Waals surface area contributed by atoms with Gasteiger partial charge in [0.1, 0.15) is 13.2 Å². The maximum atomic E-state index is 12.5. The lowest BCUT2D eigenvalue weighted by Crippen LogP contribution is -2.44. The topological polar surface area (TPSA) is 71.1 Å². The molecule has 0 spiro atoms. The summed E-state index contributed by atoms with van der Waals surface area (Å²) in [5.41, 5.74) is 1.81. The van der Waals surface area contributed by atoms with E-state index in [0.717, 1.165) is 11.3 Å². The van der Waals surface area contributed by atoms with E-state index in [2.05, 4.69) is 5.32 Å². The second kappa shape index (κ2) is 7.80. The highest BCUT2D eigenvalue weighted by Crippen LogP contribution is 2.35. The molecule has 0 aromatic heterocycles. The molecule has 2 aliphatic heterocycles. The lowest BCUT2D eigenvalue weighted by atomic mass is 10.2. The van der Waals surface area contributed by atoms with Crippen LogP contribution < -0.4 is 19.7 Å². The van der Waals surface area contributed by atoms with E-state index < -0.39 is 0 Å². The molecule has 1 N–H and O–H groups in total. The van der Waals surface area contributed by atoms with Gasteiger partial charge in [-0.25, -0.2) is 4.79 Å². The van der Waals surface area contributed by atoms with Gasteiger partial charge in [-0.2, -0.15) is 0 Å². The monoisotopic (exact) mass is 381 g/mol. The van der Waals surface area contributed by atoms with Crippen molar-refractivity contribution in [3.63, 3.8) is 0 Å². The Balaban J connectivity index is 1.37. The molecule has 0 radical (unpaired) electrons. The van der Waals surface area contributed by atoms with Crippen LogP contribution in [0.1, 0.15) is 12.0 Å². The third kappa shape index (κ3) is 3.88. The van der Waals surface area contributed by atoms with Gasteiger partial charge in [-0.3, -0.25) is 4.79 Å². The van der Waals surface area contributed by atoms with Gasteiger partial charge >= 0.3 is 6.03 Å². The average molecular weight is 381 g/mol. The highest BCUT2D eigenvalue weighted by Gasteiger charge is 2.32. The molecule has 28 heavy (non-hydrogen) atoms. The summed E-state index contributed by atoms with van der Waals surface area (Å²) < 4.78 is 11.1. The summed E-state index contributed by atoms with van der Waals surface area (Å²) in [7, 11) is 1.75. The van der Waals surface area contributed by atoms with E-state index in [9.17, 15) is 9.59 Å². The molecule has 1 fully saturated rings. The molecule has 1 atom stereocenters. The Bertz CT molecular complexity index is 871. The van der Waals surface area contributed by atoms with E-state index >= 15 is 0 Å². The Morgan fingerprint density at radius 3 is 2.68 bits per heavy atom. The fourth-order valence-corrected chi connectivity index (χ4v) is 3.47. The van der Waals surface area contributed by atoms with E-state index in [-0.39, 0.29) is 24.4 Å². The highest BCUT2D eigenvalue weighted by atomic mass is 16.6. The third-order valence-corrected chi connectivity index (χ3v) is 4.90. The summed E-state index contributed by atoms with van der Waals surface area (Å²) in [5, 5.41) is 2.96. The van der Waals surface area contributed by atoms with Gasteiger partial charge in [0.25, 0.3) is 0 Å². The number of hydrogen-bond donors (Lipinski definition) is 1. The molecule has 2 aromatic rings. The Labute approximate surface area is 163 Å². The van der Waals surface area contributed by atoms with Crippen LogP contribution in [0.15, 0.2) is 48.5 Å². The van der Waals surface area contributed by atoms with Crippen LogP contribution in [0.25, 0.3) is 0 Å². The number of amides is 3.